The fourth-order valence-corrected chi connectivity index (χ4v) is 4.92. The smallest absolute Gasteiger partial charge is 0.378 e. The predicted octanol–water partition coefficient (Wildman–Crippen LogP) is 4.75. The highest BCUT2D eigenvalue weighted by molar-refractivity contribution is 14.2. The lowest BCUT2D eigenvalue weighted by Gasteiger charge is -2.28. The Balaban J connectivity index is 1.47. The molecule has 9 nitrogen and oxygen atoms in total. The van der Waals surface area contributed by atoms with E-state index in [0.717, 1.165) is 27.9 Å². The zero-order valence-corrected chi connectivity index (χ0v) is 22.8. The van der Waals surface area contributed by atoms with Crippen molar-refractivity contribution < 1.29 is 22.7 Å². The van der Waals surface area contributed by atoms with Crippen molar-refractivity contribution in [2.24, 2.45) is 0 Å². The van der Waals surface area contributed by atoms with Gasteiger partial charge < -0.3 is 15.0 Å². The average molecular weight is 641 g/mol. The van der Waals surface area contributed by atoms with Gasteiger partial charge >= 0.3 is 6.18 Å². The molecule has 0 saturated carbocycles. The van der Waals surface area contributed by atoms with Crippen molar-refractivity contribution in [2.45, 2.75) is 25.9 Å². The van der Waals surface area contributed by atoms with Crippen LogP contribution in [0.15, 0.2) is 42.6 Å². The minimum absolute atomic E-state index is 0.143. The number of nitrogens with zero attached hydrogens (tertiary/aromatic N) is 4. The van der Waals surface area contributed by atoms with Crippen molar-refractivity contribution in [3.8, 4) is 0 Å². The average Bonchev–Trinajstić information content (AvgIpc) is 2.93. The summed E-state index contributed by atoms with van der Waals surface area (Å²) >= 11 is -0.494. The lowest BCUT2D eigenvalue weighted by Crippen LogP contribution is -2.38. The minimum atomic E-state index is -4.45. The predicted molar refractivity (Wildman–Crippen MR) is 149 cm³/mol. The number of hydrogen-bond donors (Lipinski definition) is 3. The molecule has 0 spiro atoms. The van der Waals surface area contributed by atoms with Gasteiger partial charge in [0.05, 0.1) is 33.7 Å². The molecule has 1 aliphatic heterocycles. The number of aromatic nitrogens is 3. The van der Waals surface area contributed by atoms with Gasteiger partial charge in [0, 0.05) is 25.0 Å². The van der Waals surface area contributed by atoms with E-state index in [-0.39, 0.29) is 17.3 Å². The third-order valence-electron chi connectivity index (χ3n) is 5.63. The maximum atomic E-state index is 13.1. The quantitative estimate of drug-likeness (QED) is 0.227. The van der Waals surface area contributed by atoms with E-state index in [1.165, 1.54) is 12.1 Å². The van der Waals surface area contributed by atoms with E-state index in [9.17, 15) is 18.0 Å². The second-order valence-corrected chi connectivity index (χ2v) is 10.2. The lowest BCUT2D eigenvalue weighted by molar-refractivity contribution is -0.137. The van der Waals surface area contributed by atoms with Crippen LogP contribution >= 0.6 is 20.7 Å². The minimum Gasteiger partial charge on any atom is -0.378 e. The van der Waals surface area contributed by atoms with E-state index in [1.807, 2.05) is 6.92 Å². The van der Waals surface area contributed by atoms with Gasteiger partial charge in [0.25, 0.3) is 5.91 Å². The molecule has 0 aliphatic carbocycles. The Labute approximate surface area is 227 Å². The van der Waals surface area contributed by atoms with Crippen LogP contribution in [0.2, 0.25) is 0 Å². The Morgan fingerprint density at radius 2 is 1.97 bits per heavy atom. The summed E-state index contributed by atoms with van der Waals surface area (Å²) in [4.78, 5) is 28.3. The topological polar surface area (TPSA) is 104 Å². The van der Waals surface area contributed by atoms with Crippen LogP contribution in [0.3, 0.4) is 0 Å². The highest BCUT2D eigenvalue weighted by Crippen LogP contribution is 2.32. The summed E-state index contributed by atoms with van der Waals surface area (Å²) in [6.07, 6.45) is -1.47. The summed E-state index contributed by atoms with van der Waals surface area (Å²) < 4.78 is 49.7. The van der Waals surface area contributed by atoms with Gasteiger partial charge in [0.1, 0.15) is 11.5 Å². The molecule has 2 aromatic heterocycles. The molecule has 3 aromatic rings. The zero-order chi connectivity index (χ0) is 27.1. The van der Waals surface area contributed by atoms with Crippen molar-refractivity contribution in [1.29, 1.82) is 0 Å². The summed E-state index contributed by atoms with van der Waals surface area (Å²) in [7, 11) is 0. The van der Waals surface area contributed by atoms with E-state index < -0.39 is 38.4 Å². The number of hydrogen-bond acceptors (Lipinski definition) is 8. The number of halogens is 4. The van der Waals surface area contributed by atoms with Gasteiger partial charge in [-0.15, -0.1) is 0 Å². The fraction of sp³-hybridized carbons (Fsp3) is 0.320. The summed E-state index contributed by atoms with van der Waals surface area (Å²) in [6, 6.07) is 8.06. The number of ether oxygens (including phenoxy) is 1. The molecule has 4 rings (SSSR count). The Morgan fingerprint density at radius 3 is 2.68 bits per heavy atom. The summed E-state index contributed by atoms with van der Waals surface area (Å²) in [5.41, 5.74) is 6.08. The Bertz CT molecular complexity index is 1300. The second-order valence-electron chi connectivity index (χ2n) is 8.32. The lowest BCUT2D eigenvalue weighted by atomic mass is 10.1. The number of hydrazine groups is 1. The largest absolute Gasteiger partial charge is 0.416 e. The van der Waals surface area contributed by atoms with Crippen molar-refractivity contribution in [2.75, 3.05) is 41.9 Å². The van der Waals surface area contributed by atoms with Crippen LogP contribution in [0.5, 0.6) is 0 Å². The highest BCUT2D eigenvalue weighted by atomic mass is 127. The number of carbonyl (C=O) groups excluding carboxylic acids is 1. The van der Waals surface area contributed by atoms with Crippen LogP contribution in [0.25, 0.3) is 0 Å². The first kappa shape index (κ1) is 27.7. The number of nitrogens with one attached hydrogen (secondary N) is 3. The van der Waals surface area contributed by atoms with E-state index in [0.29, 0.717) is 44.1 Å². The van der Waals surface area contributed by atoms with Crippen molar-refractivity contribution in [3.63, 3.8) is 0 Å². The number of anilines is 4. The van der Waals surface area contributed by atoms with E-state index in [2.05, 4.69) is 40.5 Å². The first-order chi connectivity index (χ1) is 18.3. The van der Waals surface area contributed by atoms with Gasteiger partial charge in [-0.1, -0.05) is 44.7 Å². The Hall–Kier alpha value is -3.33. The van der Waals surface area contributed by atoms with Gasteiger partial charge in [-0.2, -0.15) is 18.2 Å². The number of morpholine rings is 1. The molecule has 0 unspecified atom stereocenters. The zero-order valence-electron chi connectivity index (χ0n) is 20.6. The first-order valence-corrected chi connectivity index (χ1v) is 14.5. The SMILES string of the molecule is C=Ic1cnc(NNC(=O)c2ccc(Nc3cccc(C(F)(F)F)c3)c(CCC)n2)nc1N1CCOCC1. The highest BCUT2D eigenvalue weighted by Gasteiger charge is 2.30. The van der Waals surface area contributed by atoms with Crippen molar-refractivity contribution >= 4 is 54.3 Å². The van der Waals surface area contributed by atoms with Crippen LogP contribution in [0.4, 0.5) is 36.3 Å². The second kappa shape index (κ2) is 12.5. The van der Waals surface area contributed by atoms with Gasteiger partial charge in [-0.05, 0) is 36.8 Å². The normalized spacial score (nSPS) is 13.7. The van der Waals surface area contributed by atoms with Crippen LogP contribution in [-0.2, 0) is 17.3 Å². The molecule has 202 valence electrons. The Morgan fingerprint density at radius 1 is 1.18 bits per heavy atom. The molecule has 3 N–H and O–H groups in total. The molecule has 1 saturated heterocycles. The maximum Gasteiger partial charge on any atom is 0.416 e. The molecule has 1 fully saturated rings. The molecule has 0 atom stereocenters. The van der Waals surface area contributed by atoms with Gasteiger partial charge in [0.15, 0.2) is 0 Å². The molecule has 0 bridgehead atoms. The number of alkyl halides is 3. The van der Waals surface area contributed by atoms with Crippen LogP contribution < -0.4 is 21.1 Å². The summed E-state index contributed by atoms with van der Waals surface area (Å²) in [5, 5.41) is 3.00. The number of pyridine rings is 1. The van der Waals surface area contributed by atoms with Crippen LogP contribution in [-0.4, -0.2) is 51.7 Å². The molecule has 13 heteroatoms. The molecular formula is C25H27F3IN7O2. The third kappa shape index (κ3) is 6.95. The van der Waals surface area contributed by atoms with E-state index in [1.54, 1.807) is 18.3 Å². The van der Waals surface area contributed by atoms with Crippen LogP contribution in [0, 0.1) is 3.57 Å². The van der Waals surface area contributed by atoms with Gasteiger partial charge in [0.2, 0.25) is 5.95 Å². The molecular weight excluding hydrogens is 614 g/mol. The van der Waals surface area contributed by atoms with E-state index in [4.69, 9.17) is 4.74 Å². The molecule has 0 radical (unpaired) electrons. The molecule has 1 amide bonds. The van der Waals surface area contributed by atoms with Gasteiger partial charge in [-0.3, -0.25) is 15.6 Å². The molecule has 1 aromatic carbocycles. The summed E-state index contributed by atoms with van der Waals surface area (Å²) in [6.45, 7) is 4.60. The number of benzene rings is 1. The number of amides is 1. The maximum absolute atomic E-state index is 13.1. The fourth-order valence-electron chi connectivity index (χ4n) is 3.78. The Kier molecular flexibility index (Phi) is 9.09. The standard InChI is InChI=1S/C25H27F3IN7O2/c1-3-5-19-20(31-17-7-4-6-16(14-17)25(26,27)28)8-9-21(32-19)23(37)34-35-24-30-15-18(29-2)22(33-24)36-10-12-38-13-11-36/h4,6-9,14-15,31H,2-3,5,10-13H2,1H3,(H,34,37)(H,30,33,35). The number of carbonyl (C=O) groups is 1. The van der Waals surface area contributed by atoms with Crippen molar-refractivity contribution in [3.05, 3.63) is 63.1 Å². The number of aryl methyl sites for hydroxylation is 1. The van der Waals surface area contributed by atoms with Crippen LogP contribution in [0.1, 0.15) is 35.1 Å². The summed E-state index contributed by atoms with van der Waals surface area (Å²) in [5.74, 6) is 0.520. The van der Waals surface area contributed by atoms with Crippen molar-refractivity contribution in [1.82, 2.24) is 20.4 Å². The molecule has 38 heavy (non-hydrogen) atoms. The van der Waals surface area contributed by atoms with Gasteiger partial charge in [-0.25, -0.2) is 9.97 Å². The molecule has 3 heterocycles. The monoisotopic (exact) mass is 641 g/mol. The molecule has 1 aliphatic rings. The number of rotatable bonds is 9. The third-order valence-corrected chi connectivity index (χ3v) is 7.21. The van der Waals surface area contributed by atoms with E-state index >= 15 is 0 Å². The first-order valence-electron chi connectivity index (χ1n) is 11.9.